The molecule has 1 aliphatic heterocycles. The van der Waals surface area contributed by atoms with E-state index < -0.39 is 0 Å². The summed E-state index contributed by atoms with van der Waals surface area (Å²) in [7, 11) is 0. The third-order valence-electron chi connectivity index (χ3n) is 6.12. The minimum absolute atomic E-state index is 0.187. The lowest BCUT2D eigenvalue weighted by atomic mass is 9.97. The number of nitrogens with zero attached hydrogens (tertiary/aromatic N) is 1. The molecule has 3 nitrogen and oxygen atoms in total. The van der Waals surface area contributed by atoms with Crippen LogP contribution in [0.25, 0.3) is 0 Å². The molecule has 2 saturated carbocycles. The maximum absolute atomic E-state index is 13.2. The van der Waals surface area contributed by atoms with Crippen LogP contribution in [0.1, 0.15) is 84.5 Å². The Balaban J connectivity index is 1.79. The number of hydrogen-bond acceptors (Lipinski definition) is 2. The second-order valence-electron chi connectivity index (χ2n) is 7.63. The molecular weight excluding hydrogens is 260 g/mol. The van der Waals surface area contributed by atoms with Gasteiger partial charge in [-0.1, -0.05) is 45.4 Å². The average molecular weight is 292 g/mol. The molecule has 1 heterocycles. The van der Waals surface area contributed by atoms with Gasteiger partial charge in [0.15, 0.2) is 0 Å². The van der Waals surface area contributed by atoms with Gasteiger partial charge in [0, 0.05) is 6.04 Å². The average Bonchev–Trinajstić information content (AvgIpc) is 3.19. The van der Waals surface area contributed by atoms with Crippen molar-refractivity contribution in [3.8, 4) is 0 Å². The predicted octanol–water partition coefficient (Wildman–Crippen LogP) is 3.83. The predicted molar refractivity (Wildman–Crippen MR) is 85.9 cm³/mol. The SMILES string of the molecule is CCCCC(C)N1C(=O)C2(CCCC2)NC1C1CCCC1. The molecule has 1 N–H and O–H groups in total. The Morgan fingerprint density at radius 1 is 1.24 bits per heavy atom. The fourth-order valence-electron chi connectivity index (χ4n) is 4.86. The zero-order valence-electron chi connectivity index (χ0n) is 13.9. The van der Waals surface area contributed by atoms with Gasteiger partial charge in [0.25, 0.3) is 0 Å². The van der Waals surface area contributed by atoms with Crippen molar-refractivity contribution in [2.45, 2.75) is 102 Å². The van der Waals surface area contributed by atoms with Crippen molar-refractivity contribution in [2.75, 3.05) is 0 Å². The van der Waals surface area contributed by atoms with Gasteiger partial charge in [-0.05, 0) is 44.9 Å². The van der Waals surface area contributed by atoms with Crippen LogP contribution >= 0.6 is 0 Å². The molecule has 21 heavy (non-hydrogen) atoms. The van der Waals surface area contributed by atoms with Crippen molar-refractivity contribution < 1.29 is 4.79 Å². The third kappa shape index (κ3) is 2.74. The summed E-state index contributed by atoms with van der Waals surface area (Å²) in [5.41, 5.74) is -0.187. The number of carbonyl (C=O) groups excluding carboxylic acids is 1. The Hall–Kier alpha value is -0.570. The van der Waals surface area contributed by atoms with Crippen LogP contribution in [0.5, 0.6) is 0 Å². The first-order chi connectivity index (χ1) is 10.2. The van der Waals surface area contributed by atoms with Crippen LogP contribution in [0, 0.1) is 5.92 Å². The third-order valence-corrected chi connectivity index (χ3v) is 6.12. The highest BCUT2D eigenvalue weighted by atomic mass is 16.2. The smallest absolute Gasteiger partial charge is 0.244 e. The van der Waals surface area contributed by atoms with E-state index >= 15 is 0 Å². The summed E-state index contributed by atoms with van der Waals surface area (Å²) in [5.74, 6) is 1.12. The van der Waals surface area contributed by atoms with E-state index in [-0.39, 0.29) is 5.54 Å². The molecule has 3 heteroatoms. The first-order valence-electron chi connectivity index (χ1n) is 9.28. The molecule has 3 aliphatic rings. The Kier molecular flexibility index (Phi) is 4.58. The van der Waals surface area contributed by atoms with Crippen LogP contribution < -0.4 is 5.32 Å². The molecule has 0 aromatic carbocycles. The first kappa shape index (κ1) is 15.3. The van der Waals surface area contributed by atoms with Crippen molar-refractivity contribution in [2.24, 2.45) is 5.92 Å². The van der Waals surface area contributed by atoms with E-state index in [2.05, 4.69) is 24.1 Å². The van der Waals surface area contributed by atoms with Gasteiger partial charge in [-0.3, -0.25) is 10.1 Å². The van der Waals surface area contributed by atoms with E-state index in [1.165, 1.54) is 51.4 Å². The quantitative estimate of drug-likeness (QED) is 0.835. The highest BCUT2D eigenvalue weighted by Gasteiger charge is 2.55. The Morgan fingerprint density at radius 2 is 1.90 bits per heavy atom. The van der Waals surface area contributed by atoms with E-state index in [9.17, 15) is 4.79 Å². The lowest BCUT2D eigenvalue weighted by Gasteiger charge is -2.34. The Bertz CT molecular complexity index is 369. The van der Waals surface area contributed by atoms with Gasteiger partial charge < -0.3 is 4.90 Å². The van der Waals surface area contributed by atoms with E-state index in [1.54, 1.807) is 0 Å². The molecule has 1 spiro atoms. The second-order valence-corrected chi connectivity index (χ2v) is 7.63. The highest BCUT2D eigenvalue weighted by Crippen LogP contribution is 2.42. The van der Waals surface area contributed by atoms with Crippen LogP contribution in [0.15, 0.2) is 0 Å². The first-order valence-corrected chi connectivity index (χ1v) is 9.28. The van der Waals surface area contributed by atoms with Gasteiger partial charge in [-0.2, -0.15) is 0 Å². The normalized spacial score (nSPS) is 30.7. The minimum Gasteiger partial charge on any atom is -0.323 e. The van der Waals surface area contributed by atoms with Crippen LogP contribution in [0.2, 0.25) is 0 Å². The van der Waals surface area contributed by atoms with Gasteiger partial charge in [0.05, 0.1) is 11.7 Å². The van der Waals surface area contributed by atoms with Crippen LogP contribution in [0.3, 0.4) is 0 Å². The second kappa shape index (κ2) is 6.28. The lowest BCUT2D eigenvalue weighted by molar-refractivity contribution is -0.135. The molecule has 2 atom stereocenters. The lowest BCUT2D eigenvalue weighted by Crippen LogP contribution is -2.47. The van der Waals surface area contributed by atoms with Gasteiger partial charge in [-0.25, -0.2) is 0 Å². The zero-order valence-corrected chi connectivity index (χ0v) is 13.9. The summed E-state index contributed by atoms with van der Waals surface area (Å²) in [5, 5.41) is 3.84. The molecule has 0 aromatic rings. The van der Waals surface area contributed by atoms with E-state index in [0.717, 1.165) is 19.3 Å². The number of hydrogen-bond donors (Lipinski definition) is 1. The maximum atomic E-state index is 13.2. The van der Waals surface area contributed by atoms with Crippen molar-refractivity contribution >= 4 is 5.91 Å². The largest absolute Gasteiger partial charge is 0.323 e. The zero-order chi connectivity index (χ0) is 14.9. The summed E-state index contributed by atoms with van der Waals surface area (Å²) in [6.45, 7) is 4.51. The summed E-state index contributed by atoms with van der Waals surface area (Å²) in [4.78, 5) is 15.4. The number of unbranched alkanes of at least 4 members (excludes halogenated alkanes) is 1. The Labute approximate surface area is 129 Å². The summed E-state index contributed by atoms with van der Waals surface area (Å²) in [6, 6.07) is 0.399. The van der Waals surface area contributed by atoms with Gasteiger partial charge in [0.2, 0.25) is 5.91 Å². The van der Waals surface area contributed by atoms with Crippen LogP contribution in [-0.4, -0.2) is 28.6 Å². The van der Waals surface area contributed by atoms with Gasteiger partial charge in [0.1, 0.15) is 0 Å². The van der Waals surface area contributed by atoms with Crippen LogP contribution in [0.4, 0.5) is 0 Å². The molecular formula is C18H32N2O. The van der Waals surface area contributed by atoms with Crippen molar-refractivity contribution in [1.82, 2.24) is 10.2 Å². The number of amides is 1. The molecule has 1 amide bonds. The standard InChI is InChI=1S/C18H32N2O/c1-3-4-9-14(2)20-16(15-10-5-6-11-15)19-18(17(20)21)12-7-8-13-18/h14-16,19H,3-13H2,1-2H3. The molecule has 0 aromatic heterocycles. The fraction of sp³-hybridized carbons (Fsp3) is 0.944. The molecule has 3 fully saturated rings. The number of nitrogens with one attached hydrogen (secondary N) is 1. The van der Waals surface area contributed by atoms with E-state index in [4.69, 9.17) is 0 Å². The van der Waals surface area contributed by atoms with Crippen LogP contribution in [-0.2, 0) is 4.79 Å². The summed E-state index contributed by atoms with van der Waals surface area (Å²) in [6.07, 6.45) is 13.8. The summed E-state index contributed by atoms with van der Waals surface area (Å²) >= 11 is 0. The topological polar surface area (TPSA) is 32.3 Å². The molecule has 3 rings (SSSR count). The number of carbonyl (C=O) groups is 1. The molecule has 120 valence electrons. The molecule has 0 radical (unpaired) electrons. The van der Waals surface area contributed by atoms with Gasteiger partial charge >= 0.3 is 0 Å². The van der Waals surface area contributed by atoms with E-state index in [1.807, 2.05) is 0 Å². The molecule has 2 aliphatic carbocycles. The molecule has 0 bridgehead atoms. The fourth-order valence-corrected chi connectivity index (χ4v) is 4.86. The van der Waals surface area contributed by atoms with Crippen molar-refractivity contribution in [1.29, 1.82) is 0 Å². The van der Waals surface area contributed by atoms with Crippen molar-refractivity contribution in [3.05, 3.63) is 0 Å². The Morgan fingerprint density at radius 3 is 2.52 bits per heavy atom. The highest BCUT2D eigenvalue weighted by molar-refractivity contribution is 5.89. The monoisotopic (exact) mass is 292 g/mol. The number of rotatable bonds is 5. The molecule has 1 saturated heterocycles. The minimum atomic E-state index is -0.187. The molecule has 2 unspecified atom stereocenters. The van der Waals surface area contributed by atoms with Crippen molar-refractivity contribution in [3.63, 3.8) is 0 Å². The van der Waals surface area contributed by atoms with Gasteiger partial charge in [-0.15, -0.1) is 0 Å². The maximum Gasteiger partial charge on any atom is 0.244 e. The van der Waals surface area contributed by atoms with E-state index in [0.29, 0.717) is 24.0 Å². The summed E-state index contributed by atoms with van der Waals surface area (Å²) < 4.78 is 0.